The summed E-state index contributed by atoms with van der Waals surface area (Å²) in [6.45, 7) is 0.507. The van der Waals surface area contributed by atoms with Gasteiger partial charge in [0.05, 0.1) is 12.7 Å². The number of hydrogen-bond acceptors (Lipinski definition) is 3. The SMILES string of the molecule is O=C1C=CC(O)C2(CC2)C12CO2. The van der Waals surface area contributed by atoms with Crippen LogP contribution in [-0.4, -0.2) is 29.2 Å². The molecule has 2 fully saturated rings. The second-order valence-corrected chi connectivity index (χ2v) is 3.94. The lowest BCUT2D eigenvalue weighted by Gasteiger charge is -2.28. The number of hydrogen-bond donors (Lipinski definition) is 1. The maximum atomic E-state index is 11.5. The zero-order valence-corrected chi connectivity index (χ0v) is 6.62. The van der Waals surface area contributed by atoms with Crippen LogP contribution in [0.25, 0.3) is 0 Å². The van der Waals surface area contributed by atoms with Gasteiger partial charge in [0.25, 0.3) is 0 Å². The van der Waals surface area contributed by atoms with Crippen LogP contribution in [-0.2, 0) is 9.53 Å². The van der Waals surface area contributed by atoms with E-state index in [0.29, 0.717) is 6.61 Å². The van der Waals surface area contributed by atoms with Crippen LogP contribution in [0, 0.1) is 5.41 Å². The lowest BCUT2D eigenvalue weighted by atomic mass is 9.77. The Morgan fingerprint density at radius 1 is 1.58 bits per heavy atom. The molecule has 0 radical (unpaired) electrons. The fourth-order valence-corrected chi connectivity index (χ4v) is 2.32. The first-order valence-corrected chi connectivity index (χ1v) is 4.26. The summed E-state index contributed by atoms with van der Waals surface area (Å²) in [5.41, 5.74) is -0.847. The number of aliphatic hydroxyl groups is 1. The van der Waals surface area contributed by atoms with Crippen molar-refractivity contribution in [3.63, 3.8) is 0 Å². The highest BCUT2D eigenvalue weighted by molar-refractivity contribution is 6.01. The standard InChI is InChI=1S/C9H10O3/c10-6-1-2-7(11)9(5-12-9)8(6)3-4-8/h1-2,6,10H,3-5H2. The van der Waals surface area contributed by atoms with E-state index in [1.807, 2.05) is 0 Å². The lowest BCUT2D eigenvalue weighted by molar-refractivity contribution is -0.125. The van der Waals surface area contributed by atoms with E-state index in [1.165, 1.54) is 6.08 Å². The monoisotopic (exact) mass is 166 g/mol. The number of carbonyl (C=O) groups is 1. The maximum absolute atomic E-state index is 11.5. The van der Waals surface area contributed by atoms with Gasteiger partial charge in [-0.1, -0.05) is 6.08 Å². The van der Waals surface area contributed by atoms with E-state index in [-0.39, 0.29) is 11.2 Å². The lowest BCUT2D eigenvalue weighted by Crippen LogP contribution is -2.44. The summed E-state index contributed by atoms with van der Waals surface area (Å²) in [6.07, 6.45) is 4.43. The van der Waals surface area contributed by atoms with E-state index in [1.54, 1.807) is 6.08 Å². The van der Waals surface area contributed by atoms with Gasteiger partial charge in [-0.25, -0.2) is 0 Å². The van der Waals surface area contributed by atoms with E-state index in [2.05, 4.69) is 0 Å². The van der Waals surface area contributed by atoms with Crippen LogP contribution >= 0.6 is 0 Å². The van der Waals surface area contributed by atoms with Crippen molar-refractivity contribution in [1.29, 1.82) is 0 Å². The van der Waals surface area contributed by atoms with E-state index >= 15 is 0 Å². The van der Waals surface area contributed by atoms with Gasteiger partial charge < -0.3 is 9.84 Å². The van der Waals surface area contributed by atoms with E-state index in [0.717, 1.165) is 12.8 Å². The molecule has 0 aromatic rings. The minimum Gasteiger partial charge on any atom is -0.388 e. The summed E-state index contributed by atoms with van der Waals surface area (Å²) < 4.78 is 5.24. The molecule has 3 nitrogen and oxygen atoms in total. The molecule has 1 heterocycles. The molecule has 0 bridgehead atoms. The van der Waals surface area contributed by atoms with Crippen LogP contribution < -0.4 is 0 Å². The first-order valence-electron chi connectivity index (χ1n) is 4.26. The van der Waals surface area contributed by atoms with Crippen LogP contribution in [0.3, 0.4) is 0 Å². The zero-order valence-electron chi connectivity index (χ0n) is 6.62. The van der Waals surface area contributed by atoms with Crippen LogP contribution in [0.15, 0.2) is 12.2 Å². The predicted octanol–water partition coefficient (Wildman–Crippen LogP) is 0.0354. The van der Waals surface area contributed by atoms with Gasteiger partial charge in [0.2, 0.25) is 0 Å². The Labute approximate surface area is 70.0 Å². The second-order valence-electron chi connectivity index (χ2n) is 3.94. The number of epoxide rings is 1. The third kappa shape index (κ3) is 0.519. The normalized spacial score (nSPS) is 47.1. The van der Waals surface area contributed by atoms with Crippen molar-refractivity contribution in [3.8, 4) is 0 Å². The Hall–Kier alpha value is -0.670. The highest BCUT2D eigenvalue weighted by Crippen LogP contribution is 2.65. The molecule has 3 aliphatic rings. The maximum Gasteiger partial charge on any atom is 0.190 e. The molecule has 0 aromatic carbocycles. The van der Waals surface area contributed by atoms with E-state index in [9.17, 15) is 9.90 Å². The quantitative estimate of drug-likeness (QED) is 0.517. The third-order valence-corrected chi connectivity index (χ3v) is 3.42. The number of ether oxygens (including phenoxy) is 1. The summed E-state index contributed by atoms with van der Waals surface area (Å²) in [5, 5.41) is 9.67. The minimum atomic E-state index is -0.610. The third-order valence-electron chi connectivity index (χ3n) is 3.42. The number of ketones is 1. The molecule has 2 spiro atoms. The van der Waals surface area contributed by atoms with Crippen molar-refractivity contribution in [2.24, 2.45) is 5.41 Å². The van der Waals surface area contributed by atoms with Crippen molar-refractivity contribution >= 4 is 5.78 Å². The summed E-state index contributed by atoms with van der Waals surface area (Å²) in [4.78, 5) is 11.5. The molecule has 1 saturated carbocycles. The minimum absolute atomic E-state index is 0.0466. The number of fused-ring (bicyclic) bond motifs is 1. The molecule has 64 valence electrons. The molecule has 1 saturated heterocycles. The molecule has 12 heavy (non-hydrogen) atoms. The predicted molar refractivity (Wildman–Crippen MR) is 40.5 cm³/mol. The van der Waals surface area contributed by atoms with Gasteiger partial charge in [0.1, 0.15) is 0 Å². The largest absolute Gasteiger partial charge is 0.388 e. The molecular weight excluding hydrogens is 156 g/mol. The van der Waals surface area contributed by atoms with Gasteiger partial charge in [0.15, 0.2) is 11.4 Å². The topological polar surface area (TPSA) is 49.8 Å². The van der Waals surface area contributed by atoms with Gasteiger partial charge in [0, 0.05) is 5.41 Å². The Bertz CT molecular complexity index is 284. The Balaban J connectivity index is 2.10. The van der Waals surface area contributed by atoms with Gasteiger partial charge in [-0.2, -0.15) is 0 Å². The molecule has 3 rings (SSSR count). The second kappa shape index (κ2) is 1.65. The van der Waals surface area contributed by atoms with Gasteiger partial charge in [-0.05, 0) is 18.9 Å². The molecular formula is C9H10O3. The summed E-state index contributed by atoms with van der Waals surface area (Å²) >= 11 is 0. The molecule has 1 N–H and O–H groups in total. The first kappa shape index (κ1) is 6.80. The van der Waals surface area contributed by atoms with E-state index in [4.69, 9.17) is 4.74 Å². The van der Waals surface area contributed by atoms with Gasteiger partial charge in [-0.3, -0.25) is 4.79 Å². The van der Waals surface area contributed by atoms with Crippen molar-refractivity contribution in [2.45, 2.75) is 24.5 Å². The van der Waals surface area contributed by atoms with Crippen molar-refractivity contribution < 1.29 is 14.6 Å². The van der Waals surface area contributed by atoms with Gasteiger partial charge >= 0.3 is 0 Å². The first-order chi connectivity index (χ1) is 5.71. The van der Waals surface area contributed by atoms with Crippen molar-refractivity contribution in [2.75, 3.05) is 6.61 Å². The summed E-state index contributed by atoms with van der Waals surface area (Å²) in [7, 11) is 0. The summed E-state index contributed by atoms with van der Waals surface area (Å²) in [5.74, 6) is 0.0466. The Morgan fingerprint density at radius 3 is 2.67 bits per heavy atom. The summed E-state index contributed by atoms with van der Waals surface area (Å²) in [6, 6.07) is 0. The van der Waals surface area contributed by atoms with Gasteiger partial charge in [-0.15, -0.1) is 0 Å². The zero-order chi connectivity index (χ0) is 8.40. The number of rotatable bonds is 0. The fourth-order valence-electron chi connectivity index (χ4n) is 2.32. The molecule has 2 aliphatic carbocycles. The van der Waals surface area contributed by atoms with Crippen molar-refractivity contribution in [1.82, 2.24) is 0 Å². The number of aliphatic hydroxyl groups excluding tert-OH is 1. The van der Waals surface area contributed by atoms with Crippen LogP contribution in [0.4, 0.5) is 0 Å². The van der Waals surface area contributed by atoms with Crippen LogP contribution in [0.1, 0.15) is 12.8 Å². The fraction of sp³-hybridized carbons (Fsp3) is 0.667. The van der Waals surface area contributed by atoms with Crippen LogP contribution in [0.5, 0.6) is 0 Å². The van der Waals surface area contributed by atoms with Crippen LogP contribution in [0.2, 0.25) is 0 Å². The van der Waals surface area contributed by atoms with Crippen molar-refractivity contribution in [3.05, 3.63) is 12.2 Å². The molecule has 0 aromatic heterocycles. The molecule has 0 amide bonds. The highest BCUT2D eigenvalue weighted by atomic mass is 16.6. The highest BCUT2D eigenvalue weighted by Gasteiger charge is 2.74. The van der Waals surface area contributed by atoms with E-state index < -0.39 is 11.7 Å². The smallest absolute Gasteiger partial charge is 0.190 e. The molecule has 2 unspecified atom stereocenters. The Kier molecular flexibility index (Phi) is 0.937. The molecule has 1 aliphatic heterocycles. The Morgan fingerprint density at radius 2 is 2.25 bits per heavy atom. The molecule has 3 heteroatoms. The number of carbonyl (C=O) groups excluding carboxylic acids is 1. The average Bonchev–Trinajstić information content (AvgIpc) is 2.83. The molecule has 2 atom stereocenters. The average molecular weight is 166 g/mol.